The summed E-state index contributed by atoms with van der Waals surface area (Å²) in [4.78, 5) is 25.3. The Balaban J connectivity index is 1.62. The van der Waals surface area contributed by atoms with Crippen LogP contribution in [0.25, 0.3) is 11.2 Å². The maximum Gasteiger partial charge on any atom is 0.258 e. The third-order valence-electron chi connectivity index (χ3n) is 4.03. The number of nitrogens with one attached hydrogen (secondary N) is 1. The molecule has 7 nitrogen and oxygen atoms in total. The minimum absolute atomic E-state index is 0.187. The third-order valence-corrected chi connectivity index (χ3v) is 4.03. The quantitative estimate of drug-likeness (QED) is 0.781. The number of aryl methyl sites for hydroxylation is 2. The molecule has 0 radical (unpaired) electrons. The van der Waals surface area contributed by atoms with Crippen molar-refractivity contribution in [1.82, 2.24) is 24.1 Å². The number of imidazole rings is 2. The van der Waals surface area contributed by atoms with E-state index in [-0.39, 0.29) is 5.91 Å². The van der Waals surface area contributed by atoms with Gasteiger partial charge < -0.3 is 14.5 Å². The Morgan fingerprint density at radius 3 is 3.05 bits per heavy atom. The van der Waals surface area contributed by atoms with E-state index in [0.717, 1.165) is 43.1 Å². The SMILES string of the molecule is Cn1cnc2cc(C(=O)Nc3cnc4n3CCCC4)cnc21. The topological polar surface area (TPSA) is 77.6 Å². The normalized spacial score (nSPS) is 14.0. The molecule has 0 aliphatic carbocycles. The maximum absolute atomic E-state index is 12.4. The van der Waals surface area contributed by atoms with E-state index in [0.29, 0.717) is 11.1 Å². The average molecular weight is 296 g/mol. The molecule has 0 unspecified atom stereocenters. The molecule has 22 heavy (non-hydrogen) atoms. The van der Waals surface area contributed by atoms with Crippen molar-refractivity contribution in [2.75, 3.05) is 5.32 Å². The van der Waals surface area contributed by atoms with Crippen molar-refractivity contribution in [3.63, 3.8) is 0 Å². The van der Waals surface area contributed by atoms with Gasteiger partial charge in [-0.2, -0.15) is 0 Å². The second kappa shape index (κ2) is 4.94. The van der Waals surface area contributed by atoms with E-state index in [1.807, 2.05) is 11.6 Å². The fourth-order valence-electron chi connectivity index (χ4n) is 2.84. The molecular formula is C15H16N6O. The van der Waals surface area contributed by atoms with Crippen molar-refractivity contribution in [1.29, 1.82) is 0 Å². The summed E-state index contributed by atoms with van der Waals surface area (Å²) >= 11 is 0. The molecule has 4 heterocycles. The van der Waals surface area contributed by atoms with Gasteiger partial charge in [0.05, 0.1) is 18.1 Å². The second-order valence-electron chi connectivity index (χ2n) is 5.54. The van der Waals surface area contributed by atoms with E-state index >= 15 is 0 Å². The Morgan fingerprint density at radius 1 is 1.23 bits per heavy atom. The van der Waals surface area contributed by atoms with Gasteiger partial charge in [-0.1, -0.05) is 0 Å². The third kappa shape index (κ3) is 2.05. The summed E-state index contributed by atoms with van der Waals surface area (Å²) in [6.07, 6.45) is 8.24. The molecular weight excluding hydrogens is 280 g/mol. The predicted molar refractivity (Wildman–Crippen MR) is 81.6 cm³/mol. The van der Waals surface area contributed by atoms with Gasteiger partial charge in [-0.05, 0) is 18.9 Å². The first kappa shape index (κ1) is 13.0. The van der Waals surface area contributed by atoms with Gasteiger partial charge in [-0.3, -0.25) is 4.79 Å². The molecule has 1 aliphatic rings. The molecule has 0 fully saturated rings. The van der Waals surface area contributed by atoms with E-state index in [1.54, 1.807) is 24.8 Å². The first-order chi connectivity index (χ1) is 10.7. The van der Waals surface area contributed by atoms with Gasteiger partial charge in [0.15, 0.2) is 5.65 Å². The van der Waals surface area contributed by atoms with Crippen molar-refractivity contribution in [3.8, 4) is 0 Å². The number of anilines is 1. The van der Waals surface area contributed by atoms with Gasteiger partial charge in [0, 0.05) is 26.2 Å². The summed E-state index contributed by atoms with van der Waals surface area (Å²) in [6.45, 7) is 0.905. The van der Waals surface area contributed by atoms with Crippen LogP contribution in [0.4, 0.5) is 5.82 Å². The highest BCUT2D eigenvalue weighted by Crippen LogP contribution is 2.20. The lowest BCUT2D eigenvalue weighted by molar-refractivity contribution is 0.102. The van der Waals surface area contributed by atoms with Crippen molar-refractivity contribution >= 4 is 22.9 Å². The van der Waals surface area contributed by atoms with Crippen LogP contribution >= 0.6 is 0 Å². The Bertz CT molecular complexity index is 862. The molecule has 0 aromatic carbocycles. The van der Waals surface area contributed by atoms with Crippen LogP contribution in [0.3, 0.4) is 0 Å². The van der Waals surface area contributed by atoms with Crippen LogP contribution in [0, 0.1) is 0 Å². The first-order valence-corrected chi connectivity index (χ1v) is 7.35. The largest absolute Gasteiger partial charge is 0.318 e. The van der Waals surface area contributed by atoms with Crippen LogP contribution in [0.5, 0.6) is 0 Å². The summed E-state index contributed by atoms with van der Waals surface area (Å²) in [6, 6.07) is 1.76. The highest BCUT2D eigenvalue weighted by atomic mass is 16.1. The molecule has 0 spiro atoms. The monoisotopic (exact) mass is 296 g/mol. The minimum atomic E-state index is -0.187. The number of fused-ring (bicyclic) bond motifs is 2. The number of pyridine rings is 1. The molecule has 1 aliphatic heterocycles. The number of amides is 1. The second-order valence-corrected chi connectivity index (χ2v) is 5.54. The summed E-state index contributed by atoms with van der Waals surface area (Å²) in [5.74, 6) is 1.61. The number of carbonyl (C=O) groups excluding carboxylic acids is 1. The molecule has 0 saturated carbocycles. The Morgan fingerprint density at radius 2 is 2.14 bits per heavy atom. The fraction of sp³-hybridized carbons (Fsp3) is 0.333. The standard InChI is InChI=1S/C15H16N6O/c1-20-9-18-11-6-10(7-17-14(11)20)15(22)19-13-8-16-12-4-2-3-5-21(12)13/h6-9H,2-5H2,1H3,(H,19,22). The molecule has 112 valence electrons. The highest BCUT2D eigenvalue weighted by Gasteiger charge is 2.17. The van der Waals surface area contributed by atoms with Gasteiger partial charge in [0.1, 0.15) is 17.2 Å². The lowest BCUT2D eigenvalue weighted by Crippen LogP contribution is -2.18. The molecule has 7 heteroatoms. The Hall–Kier alpha value is -2.70. The molecule has 0 atom stereocenters. The van der Waals surface area contributed by atoms with Crippen LogP contribution in [0.2, 0.25) is 0 Å². The van der Waals surface area contributed by atoms with Crippen LogP contribution in [-0.4, -0.2) is 30.0 Å². The lowest BCUT2D eigenvalue weighted by Gasteiger charge is -2.16. The van der Waals surface area contributed by atoms with E-state index in [1.165, 1.54) is 0 Å². The summed E-state index contributed by atoms with van der Waals surface area (Å²) in [5, 5.41) is 2.92. The molecule has 0 saturated heterocycles. The van der Waals surface area contributed by atoms with E-state index in [4.69, 9.17) is 0 Å². The summed E-state index contributed by atoms with van der Waals surface area (Å²) in [5.41, 5.74) is 1.97. The average Bonchev–Trinajstić information content (AvgIpc) is 3.12. The van der Waals surface area contributed by atoms with Crippen molar-refractivity contribution in [2.24, 2.45) is 7.05 Å². The fourth-order valence-corrected chi connectivity index (χ4v) is 2.84. The highest BCUT2D eigenvalue weighted by molar-refractivity contribution is 6.04. The van der Waals surface area contributed by atoms with Crippen LogP contribution < -0.4 is 5.32 Å². The zero-order chi connectivity index (χ0) is 15.1. The van der Waals surface area contributed by atoms with Gasteiger partial charge in [-0.15, -0.1) is 0 Å². The lowest BCUT2D eigenvalue weighted by atomic mass is 10.2. The van der Waals surface area contributed by atoms with Crippen LogP contribution in [0.15, 0.2) is 24.8 Å². The molecule has 1 N–H and O–H groups in total. The molecule has 3 aromatic rings. The zero-order valence-electron chi connectivity index (χ0n) is 12.3. The maximum atomic E-state index is 12.4. The molecule has 1 amide bonds. The number of aromatic nitrogens is 5. The number of carbonyl (C=O) groups is 1. The summed E-state index contributed by atoms with van der Waals surface area (Å²) < 4.78 is 3.90. The van der Waals surface area contributed by atoms with Gasteiger partial charge >= 0.3 is 0 Å². The van der Waals surface area contributed by atoms with Gasteiger partial charge in [0.2, 0.25) is 0 Å². The van der Waals surface area contributed by atoms with Crippen molar-refractivity contribution < 1.29 is 4.79 Å². The van der Waals surface area contributed by atoms with Gasteiger partial charge in [-0.25, -0.2) is 15.0 Å². The van der Waals surface area contributed by atoms with E-state index in [2.05, 4.69) is 24.8 Å². The van der Waals surface area contributed by atoms with Crippen LogP contribution in [-0.2, 0) is 20.0 Å². The van der Waals surface area contributed by atoms with Crippen molar-refractivity contribution in [3.05, 3.63) is 36.2 Å². The Kier molecular flexibility index (Phi) is 2.92. The van der Waals surface area contributed by atoms with E-state index < -0.39 is 0 Å². The smallest absolute Gasteiger partial charge is 0.258 e. The van der Waals surface area contributed by atoms with Gasteiger partial charge in [0.25, 0.3) is 5.91 Å². The predicted octanol–water partition coefficient (Wildman–Crippen LogP) is 1.75. The molecule has 3 aromatic heterocycles. The number of hydrogen-bond donors (Lipinski definition) is 1. The zero-order valence-corrected chi connectivity index (χ0v) is 12.3. The minimum Gasteiger partial charge on any atom is -0.318 e. The number of nitrogens with zero attached hydrogens (tertiary/aromatic N) is 5. The first-order valence-electron chi connectivity index (χ1n) is 7.35. The van der Waals surface area contributed by atoms with E-state index in [9.17, 15) is 4.79 Å². The Labute approximate surface area is 127 Å². The number of hydrogen-bond acceptors (Lipinski definition) is 4. The van der Waals surface area contributed by atoms with Crippen LogP contribution in [0.1, 0.15) is 29.0 Å². The van der Waals surface area contributed by atoms with Crippen molar-refractivity contribution in [2.45, 2.75) is 25.8 Å². The summed E-state index contributed by atoms with van der Waals surface area (Å²) in [7, 11) is 1.88. The number of rotatable bonds is 2. The molecule has 0 bridgehead atoms. The molecule has 4 rings (SSSR count).